The smallest absolute Gasteiger partial charge is 0.407 e. The van der Waals surface area contributed by atoms with Crippen LogP contribution in [-0.2, 0) is 114 Å². The predicted molar refractivity (Wildman–Crippen MR) is 480 cm³/mol. The first-order valence-corrected chi connectivity index (χ1v) is 46.7. The molecular formula is C91H131F2N13O25S. The standard InChI is InChI=1S/C91H131F2N13O25S/c1-7-13-80-130-75-53-66-67-52-69(92)68-51-63(107)27-29-88(68,4)90(67,93)73(109)54-89(66,5)91(75,131-80)74(110)55-101-87(118)129-57-59-19-21-62(22-20-59)102-84(115)60(15-12-30-100-86(94)117)50-72(108)81(58(2)3)104-85(116)70(23-24-76(111)98-34-49-132(119,120)121)103-78(113)28-35-122-39-43-126-47-48-128-45-41-124-37-32-97-77(112)25-26-79(114)106-56-61-14-8-9-16-64(61)82(83(105-95)65-17-10-11-18-71(65)106)99-33-38-125-42-46-127-44-40-123-36-31-96-6/h8-11,14,16-22,27,29,51,58,60,66-67,69-70,73,75,80-81,96,99,105,109H,7,12-13,15,23-26,28,30-50,52-57,95H2,1-6H3,(H,97,112)(H,98,111)(H,101,118)(H,102,115)(H,103,113)(H,104,116)(H3,94,100,117)(H,119,120,121)/b83-82-/t60-,66+,67+,69+,70-,73+,75-,80?,81+,88+,89+,90+,91-/m1/s1. The number of aliphatic hydroxyl groups excluding tert-OH is 1. The number of para-hydroxylation sites is 1. The first-order chi connectivity index (χ1) is 63.2. The predicted octanol–water partition coefficient (Wildman–Crippen LogP) is 4.11. The molecule has 132 heavy (non-hydrogen) atoms. The van der Waals surface area contributed by atoms with Crippen molar-refractivity contribution in [1.29, 1.82) is 0 Å². The number of likely N-dealkylation sites (N-methyl/N-ethyl adjacent to an activating group) is 1. The SMILES string of the molecule is CCCC1O[C@@H]2C[C@H]3[C@@H]4C[C@H](F)C5=CC(=O)C=C[C@]5(C)[C@@]4(F)[C@@H](O)C[C@]3(C)[C@]2(C(=O)CNC(=O)OCc2ccc(NC(=O)[C@H](CCCNC(N)=O)CC(=O)[C@@H](NC(=O)[C@@H](CCC(=O)NCCS(=O)(=O)O)NC(=O)CCOCCOCCOCCOCCNC(=O)CCC(=O)N3Cc4ccccc4/C(NCCOCCOCCOCCNC)=C(/NN)c4ccccc43)C(C)C)cc2)O1. The summed E-state index contributed by atoms with van der Waals surface area (Å²) < 4.78 is 124. The molecule has 41 heteroatoms. The summed E-state index contributed by atoms with van der Waals surface area (Å²) in [4.78, 5) is 150. The average molecular weight is 1880 g/mol. The van der Waals surface area contributed by atoms with Crippen LogP contribution >= 0.6 is 0 Å². The van der Waals surface area contributed by atoms with Crippen LogP contribution in [0.1, 0.15) is 140 Å². The number of carbonyl (C=O) groups excluding carboxylic acids is 11. The second-order valence-electron chi connectivity index (χ2n) is 34.1. The second-order valence-corrected chi connectivity index (χ2v) is 35.7. The van der Waals surface area contributed by atoms with Crippen molar-refractivity contribution in [3.05, 3.63) is 119 Å². The van der Waals surface area contributed by atoms with E-state index >= 15 is 8.78 Å². The minimum Gasteiger partial charge on any atom is -0.445 e. The number of amides is 9. The molecule has 0 spiro atoms. The number of rotatable bonds is 58. The van der Waals surface area contributed by atoms with Gasteiger partial charge in [-0.3, -0.25) is 53.5 Å². The normalized spacial score (nSPS) is 23.5. The van der Waals surface area contributed by atoms with Gasteiger partial charge in [0, 0.05) is 104 Å². The van der Waals surface area contributed by atoms with Crippen molar-refractivity contribution >= 4 is 97.8 Å². The van der Waals surface area contributed by atoms with E-state index in [1.807, 2.05) is 62.5 Å². The van der Waals surface area contributed by atoms with Gasteiger partial charge in [-0.25, -0.2) is 18.4 Å². The molecule has 3 aromatic carbocycles. The zero-order valence-electron chi connectivity index (χ0n) is 75.9. The highest BCUT2D eigenvalue weighted by Crippen LogP contribution is 2.72. The summed E-state index contributed by atoms with van der Waals surface area (Å²) >= 11 is 0. The lowest BCUT2D eigenvalue weighted by Gasteiger charge is -2.63. The molecule has 1 saturated heterocycles. The molecule has 38 nitrogen and oxygen atoms in total. The third-order valence-electron chi connectivity index (χ3n) is 24.8. The number of benzene rings is 3. The number of nitrogens with zero attached hydrogens (tertiary/aromatic N) is 1. The van der Waals surface area contributed by atoms with E-state index in [1.54, 1.807) is 37.8 Å². The molecule has 0 aromatic heterocycles. The van der Waals surface area contributed by atoms with Crippen LogP contribution in [0.5, 0.6) is 0 Å². The quantitative estimate of drug-likeness (QED) is 0.0164. The monoisotopic (exact) mass is 1880 g/mol. The molecule has 6 aliphatic rings. The molecule has 3 aromatic rings. The Balaban J connectivity index is 0.676. The van der Waals surface area contributed by atoms with Crippen molar-refractivity contribution < 1.29 is 127 Å². The van der Waals surface area contributed by atoms with E-state index in [-0.39, 0.29) is 160 Å². The molecule has 0 bridgehead atoms. The number of hydrazine groups is 1. The summed E-state index contributed by atoms with van der Waals surface area (Å²) in [5.41, 5.74) is 5.96. The van der Waals surface area contributed by atoms with Crippen molar-refractivity contribution in [2.45, 2.75) is 179 Å². The van der Waals surface area contributed by atoms with Gasteiger partial charge in [0.2, 0.25) is 35.4 Å². The van der Waals surface area contributed by atoms with Crippen LogP contribution in [0.2, 0.25) is 0 Å². The molecular weight excluding hydrogens is 1750 g/mol. The van der Waals surface area contributed by atoms with E-state index in [2.05, 4.69) is 53.3 Å². The maximum absolute atomic E-state index is 18.0. The molecule has 3 saturated carbocycles. The number of alkyl carbamates (subject to hydrolysis) is 1. The maximum atomic E-state index is 18.0. The Morgan fingerprint density at radius 3 is 1.95 bits per heavy atom. The highest BCUT2D eigenvalue weighted by Gasteiger charge is 2.80. The van der Waals surface area contributed by atoms with Crippen molar-refractivity contribution in [3.8, 4) is 0 Å². The van der Waals surface area contributed by atoms with Gasteiger partial charge in [0.15, 0.2) is 34.9 Å². The van der Waals surface area contributed by atoms with Crippen LogP contribution in [0.4, 0.5) is 29.7 Å². The zero-order chi connectivity index (χ0) is 95.6. The number of nitrogens with two attached hydrogens (primary N) is 2. The van der Waals surface area contributed by atoms with Gasteiger partial charge in [0.25, 0.3) is 10.1 Å². The number of hydrogen-bond acceptors (Lipinski definition) is 28. The van der Waals surface area contributed by atoms with Crippen LogP contribution in [0.25, 0.3) is 11.4 Å². The van der Waals surface area contributed by atoms with Crippen LogP contribution in [0, 0.1) is 34.5 Å². The van der Waals surface area contributed by atoms with E-state index < -0.39 is 177 Å². The van der Waals surface area contributed by atoms with Crippen molar-refractivity contribution in [2.75, 3.05) is 155 Å². The molecule has 0 radical (unpaired) electrons. The minimum absolute atomic E-state index is 0.0311. The van der Waals surface area contributed by atoms with Crippen molar-refractivity contribution in [2.24, 2.45) is 46.1 Å². The van der Waals surface area contributed by atoms with Gasteiger partial charge in [-0.15, -0.1) is 0 Å². The number of nitrogens with one attached hydrogen (secondary N) is 10. The molecule has 16 N–H and O–H groups in total. The fourth-order valence-corrected chi connectivity index (χ4v) is 18.5. The number of carbonyl (C=O) groups is 11. The van der Waals surface area contributed by atoms with Gasteiger partial charge in [-0.2, -0.15) is 8.42 Å². The summed E-state index contributed by atoms with van der Waals surface area (Å²) in [6.07, 6.45) is -3.53. The Morgan fingerprint density at radius 1 is 0.682 bits per heavy atom. The van der Waals surface area contributed by atoms with Crippen LogP contribution in [-0.4, -0.2) is 276 Å². The van der Waals surface area contributed by atoms with Crippen LogP contribution in [0.3, 0.4) is 0 Å². The minimum atomic E-state index is -4.44. The molecule has 4 fully saturated rings. The Labute approximate surface area is 768 Å². The molecule has 2 heterocycles. The highest BCUT2D eigenvalue weighted by molar-refractivity contribution is 7.85. The molecule has 4 aliphatic carbocycles. The fraction of sp³-hybridized carbons (Fsp3) is 0.615. The number of Topliss-reactive ketones (excluding diaryl/α,β-unsaturated/α-hetero) is 2. The van der Waals surface area contributed by atoms with E-state index in [0.29, 0.717) is 81.5 Å². The number of aliphatic hydroxyl groups is 1. The number of allylic oxidation sites excluding steroid dienone is 4. The summed E-state index contributed by atoms with van der Waals surface area (Å²) in [5.74, 6) is -3.30. The van der Waals surface area contributed by atoms with Crippen molar-refractivity contribution in [1.82, 2.24) is 48.0 Å². The number of alkyl halides is 2. The largest absolute Gasteiger partial charge is 0.445 e. The van der Waals surface area contributed by atoms with Gasteiger partial charge in [0.1, 0.15) is 18.8 Å². The van der Waals surface area contributed by atoms with E-state index in [1.165, 1.54) is 31.2 Å². The second kappa shape index (κ2) is 51.6. The number of primary amides is 1. The van der Waals surface area contributed by atoms with Crippen LogP contribution < -0.4 is 69.8 Å². The summed E-state index contributed by atoms with van der Waals surface area (Å²) in [7, 11) is -2.58. The summed E-state index contributed by atoms with van der Waals surface area (Å²) in [6, 6.07) is 17.7. The lowest BCUT2D eigenvalue weighted by Crippen LogP contribution is -2.71. The Bertz CT molecular complexity index is 4630. The number of halogens is 2. The molecule has 2 aliphatic heterocycles. The van der Waals surface area contributed by atoms with Crippen molar-refractivity contribution in [3.63, 3.8) is 0 Å². The average Bonchev–Trinajstić information content (AvgIpc) is 1.49. The number of urea groups is 1. The number of hydrogen-bond donors (Lipinski definition) is 14. The van der Waals surface area contributed by atoms with Gasteiger partial charge in [-0.1, -0.05) is 94.8 Å². The first kappa shape index (κ1) is 106. The van der Waals surface area contributed by atoms with Gasteiger partial charge >= 0.3 is 12.1 Å². The molecule has 730 valence electrons. The summed E-state index contributed by atoms with van der Waals surface area (Å²) in [5, 5.41) is 36.7. The molecule has 13 atom stereocenters. The number of fused-ring (bicyclic) bond motifs is 9. The fourth-order valence-electron chi connectivity index (χ4n) is 18.1. The summed E-state index contributed by atoms with van der Waals surface area (Å²) in [6.45, 7) is 12.5. The van der Waals surface area contributed by atoms with E-state index in [9.17, 15) is 70.8 Å². The lowest BCUT2D eigenvalue weighted by atomic mass is 9.44. The van der Waals surface area contributed by atoms with Gasteiger partial charge in [-0.05, 0) is 118 Å². The lowest BCUT2D eigenvalue weighted by molar-refractivity contribution is -0.233. The van der Waals surface area contributed by atoms with Crippen LogP contribution in [0.15, 0.2) is 96.6 Å². The zero-order valence-corrected chi connectivity index (χ0v) is 76.8. The third kappa shape index (κ3) is 28.8. The molecule has 1 unspecified atom stereocenters. The van der Waals surface area contributed by atoms with E-state index in [4.69, 9.17) is 58.9 Å². The molecule has 9 rings (SSSR count). The van der Waals surface area contributed by atoms with E-state index in [0.717, 1.165) is 29.4 Å². The number of ether oxygens (including phenoxy) is 10. The Morgan fingerprint density at radius 2 is 1.30 bits per heavy atom. The molecule has 9 amide bonds. The first-order valence-electron chi connectivity index (χ1n) is 45.1. The topological polar surface area (TPSA) is 530 Å². The van der Waals surface area contributed by atoms with Gasteiger partial charge in [0.05, 0.1) is 147 Å². The Hall–Kier alpha value is -9.86. The highest BCUT2D eigenvalue weighted by atomic mass is 32.2. The number of ketones is 3. The Kier molecular flexibility index (Phi) is 41.3. The third-order valence-corrected chi connectivity index (χ3v) is 25.5. The maximum Gasteiger partial charge on any atom is 0.407 e. The van der Waals surface area contributed by atoms with Gasteiger partial charge < -0.3 is 116 Å². The number of anilines is 2.